The van der Waals surface area contributed by atoms with Gasteiger partial charge in [0.2, 0.25) is 5.91 Å². The minimum atomic E-state index is -1.50. The molecule has 1 unspecified atom stereocenters. The molecule has 31 heavy (non-hydrogen) atoms. The lowest BCUT2D eigenvalue weighted by molar-refractivity contribution is -0.122. The number of ketones is 1. The topological polar surface area (TPSA) is 99.2 Å². The van der Waals surface area contributed by atoms with Crippen LogP contribution in [0.2, 0.25) is 0 Å². The average Bonchev–Trinajstić information content (AvgIpc) is 3.00. The van der Waals surface area contributed by atoms with Crippen molar-refractivity contribution < 1.29 is 9.59 Å². The normalized spacial score (nSPS) is 22.4. The van der Waals surface area contributed by atoms with E-state index in [1.54, 1.807) is 12.1 Å². The first-order valence-corrected chi connectivity index (χ1v) is 10.4. The zero-order valence-electron chi connectivity index (χ0n) is 17.5. The van der Waals surface area contributed by atoms with Gasteiger partial charge in [0.15, 0.2) is 5.78 Å². The summed E-state index contributed by atoms with van der Waals surface area (Å²) < 4.78 is 0. The number of benzene rings is 2. The highest BCUT2D eigenvalue weighted by molar-refractivity contribution is 6.19. The van der Waals surface area contributed by atoms with Crippen LogP contribution in [0.4, 0.5) is 11.4 Å². The average molecular weight is 410 g/mol. The number of allylic oxidation sites excluding steroid dienone is 1. The number of hydrogen-bond donors (Lipinski definition) is 2. The van der Waals surface area contributed by atoms with Crippen LogP contribution >= 0.6 is 0 Å². The van der Waals surface area contributed by atoms with Gasteiger partial charge >= 0.3 is 0 Å². The number of hydrogen-bond acceptors (Lipinski definition) is 5. The van der Waals surface area contributed by atoms with Crippen molar-refractivity contribution in [2.75, 3.05) is 10.2 Å². The van der Waals surface area contributed by atoms with E-state index in [2.05, 4.69) is 17.5 Å². The van der Waals surface area contributed by atoms with Gasteiger partial charge in [0.05, 0.1) is 5.57 Å². The van der Waals surface area contributed by atoms with Crippen molar-refractivity contribution in [2.45, 2.75) is 38.5 Å². The lowest BCUT2D eigenvalue weighted by atomic mass is 9.64. The first-order valence-electron chi connectivity index (χ1n) is 10.4. The van der Waals surface area contributed by atoms with E-state index >= 15 is 0 Å². The Labute approximate surface area is 180 Å². The number of nitrogens with two attached hydrogens (primary N) is 1. The van der Waals surface area contributed by atoms with E-state index in [1.807, 2.05) is 43.0 Å². The maximum absolute atomic E-state index is 13.5. The number of amides is 1. The Hall–Kier alpha value is -3.85. The summed E-state index contributed by atoms with van der Waals surface area (Å²) in [7, 11) is 0. The molecular formula is C25H22N4O2. The third kappa shape index (κ3) is 2.43. The van der Waals surface area contributed by atoms with Crippen molar-refractivity contribution in [1.82, 2.24) is 0 Å². The van der Waals surface area contributed by atoms with Crippen molar-refractivity contribution in [3.63, 3.8) is 0 Å². The molecule has 2 heterocycles. The van der Waals surface area contributed by atoms with Crippen molar-refractivity contribution in [2.24, 2.45) is 5.73 Å². The number of nitriles is 1. The second-order valence-electron chi connectivity index (χ2n) is 8.40. The molecule has 154 valence electrons. The third-order valence-corrected chi connectivity index (χ3v) is 6.40. The second-order valence-corrected chi connectivity index (χ2v) is 8.40. The van der Waals surface area contributed by atoms with Gasteiger partial charge in [-0.2, -0.15) is 5.26 Å². The third-order valence-electron chi connectivity index (χ3n) is 6.40. The van der Waals surface area contributed by atoms with Gasteiger partial charge in [0, 0.05) is 34.6 Å². The molecule has 0 saturated carbocycles. The molecule has 1 amide bonds. The molecule has 3 N–H and O–H groups in total. The SMILES string of the molecule is Cc1cc(C)cc(N2C(N)=C(C#N)C3(C(=O)Nc4ccccc43)C3=C2CCCC3=O)c1. The molecule has 1 spiro atoms. The molecule has 6 heteroatoms. The smallest absolute Gasteiger partial charge is 0.245 e. The van der Waals surface area contributed by atoms with E-state index in [9.17, 15) is 14.9 Å². The molecule has 2 aromatic rings. The van der Waals surface area contributed by atoms with Crippen LogP contribution in [0.5, 0.6) is 0 Å². The number of nitrogens with zero attached hydrogens (tertiary/aromatic N) is 2. The highest BCUT2D eigenvalue weighted by Gasteiger charge is 2.59. The monoisotopic (exact) mass is 410 g/mol. The Kier molecular flexibility index (Phi) is 4.06. The van der Waals surface area contributed by atoms with Gasteiger partial charge in [-0.15, -0.1) is 0 Å². The summed E-state index contributed by atoms with van der Waals surface area (Å²) in [6.45, 7) is 3.99. The molecule has 0 aromatic heterocycles. The maximum atomic E-state index is 13.5. The number of anilines is 2. The molecule has 0 radical (unpaired) electrons. The number of carbonyl (C=O) groups is 2. The number of carbonyl (C=O) groups excluding carboxylic acids is 2. The summed E-state index contributed by atoms with van der Waals surface area (Å²) in [4.78, 5) is 28.7. The highest BCUT2D eigenvalue weighted by Crippen LogP contribution is 2.55. The summed E-state index contributed by atoms with van der Waals surface area (Å²) in [5.41, 5.74) is 10.5. The minimum absolute atomic E-state index is 0.100. The van der Waals surface area contributed by atoms with E-state index in [0.29, 0.717) is 41.8 Å². The summed E-state index contributed by atoms with van der Waals surface area (Å²) in [6, 6.07) is 15.5. The lowest BCUT2D eigenvalue weighted by Gasteiger charge is -2.43. The number of para-hydroxylation sites is 1. The van der Waals surface area contributed by atoms with Crippen molar-refractivity contribution >= 4 is 23.1 Å². The Bertz CT molecular complexity index is 1260. The molecular weight excluding hydrogens is 388 g/mol. The largest absolute Gasteiger partial charge is 0.384 e. The van der Waals surface area contributed by atoms with Crippen LogP contribution in [-0.4, -0.2) is 11.7 Å². The molecule has 2 aliphatic heterocycles. The molecule has 1 aliphatic carbocycles. The van der Waals surface area contributed by atoms with Crippen LogP contribution in [0.25, 0.3) is 0 Å². The number of fused-ring (bicyclic) bond motifs is 3. The summed E-state index contributed by atoms with van der Waals surface area (Å²) in [6.07, 6.45) is 1.62. The summed E-state index contributed by atoms with van der Waals surface area (Å²) in [5.74, 6) is -0.299. The fraction of sp³-hybridized carbons (Fsp3) is 0.240. The molecule has 0 bridgehead atoms. The standard InChI is InChI=1S/C25H22N4O2/c1-14-10-15(2)12-16(11-14)29-20-8-5-9-21(30)22(20)25(18(13-26)23(29)27)17-6-3-4-7-19(17)28-24(25)31/h3-4,6-7,10-12H,5,8-9,27H2,1-2H3,(H,28,31). The Morgan fingerprint density at radius 3 is 2.52 bits per heavy atom. The first-order chi connectivity index (χ1) is 14.9. The van der Waals surface area contributed by atoms with E-state index in [-0.39, 0.29) is 17.2 Å². The van der Waals surface area contributed by atoms with Gasteiger partial charge in [-0.3, -0.25) is 14.5 Å². The zero-order valence-corrected chi connectivity index (χ0v) is 17.5. The van der Waals surface area contributed by atoms with Crippen LogP contribution in [0, 0.1) is 25.2 Å². The Morgan fingerprint density at radius 2 is 1.81 bits per heavy atom. The molecule has 3 aliphatic rings. The zero-order chi connectivity index (χ0) is 21.9. The molecule has 2 aromatic carbocycles. The quantitative estimate of drug-likeness (QED) is 0.747. The van der Waals surface area contributed by atoms with Gasteiger partial charge in [-0.1, -0.05) is 24.3 Å². The van der Waals surface area contributed by atoms with Gasteiger partial charge < -0.3 is 11.1 Å². The van der Waals surface area contributed by atoms with E-state index in [4.69, 9.17) is 5.73 Å². The van der Waals surface area contributed by atoms with Crippen molar-refractivity contribution in [3.05, 3.63) is 81.8 Å². The molecule has 0 fully saturated rings. The molecule has 0 saturated heterocycles. The maximum Gasteiger partial charge on any atom is 0.245 e. The number of rotatable bonds is 1. The van der Waals surface area contributed by atoms with Crippen LogP contribution in [0.1, 0.15) is 36.0 Å². The molecule has 5 rings (SSSR count). The Morgan fingerprint density at radius 1 is 1.10 bits per heavy atom. The predicted molar refractivity (Wildman–Crippen MR) is 118 cm³/mol. The second kappa shape index (κ2) is 6.58. The fourth-order valence-electron chi connectivity index (χ4n) is 5.32. The van der Waals surface area contributed by atoms with Crippen molar-refractivity contribution in [1.29, 1.82) is 5.26 Å². The van der Waals surface area contributed by atoms with Crippen LogP contribution in [0.15, 0.2) is 65.1 Å². The van der Waals surface area contributed by atoms with Crippen molar-refractivity contribution in [3.8, 4) is 6.07 Å². The van der Waals surface area contributed by atoms with E-state index in [1.165, 1.54) is 0 Å². The predicted octanol–water partition coefficient (Wildman–Crippen LogP) is 3.71. The van der Waals surface area contributed by atoms with Gasteiger partial charge in [0.1, 0.15) is 17.3 Å². The van der Waals surface area contributed by atoms with Gasteiger partial charge in [-0.05, 0) is 56.0 Å². The van der Waals surface area contributed by atoms with Gasteiger partial charge in [0.25, 0.3) is 0 Å². The number of aryl methyl sites for hydroxylation is 2. The molecule has 1 atom stereocenters. The lowest BCUT2D eigenvalue weighted by Crippen LogP contribution is -2.50. The van der Waals surface area contributed by atoms with Crippen LogP contribution < -0.4 is 16.0 Å². The van der Waals surface area contributed by atoms with Crippen LogP contribution in [-0.2, 0) is 15.0 Å². The Balaban J connectivity index is 1.89. The number of nitrogens with one attached hydrogen (secondary N) is 1. The van der Waals surface area contributed by atoms with E-state index < -0.39 is 11.3 Å². The first kappa shape index (κ1) is 19.1. The number of Topliss-reactive ketones (excluding diaryl/α,β-unsaturated/α-hetero) is 1. The van der Waals surface area contributed by atoms with Crippen LogP contribution in [0.3, 0.4) is 0 Å². The minimum Gasteiger partial charge on any atom is -0.384 e. The summed E-state index contributed by atoms with van der Waals surface area (Å²) >= 11 is 0. The summed E-state index contributed by atoms with van der Waals surface area (Å²) in [5, 5.41) is 13.1. The molecule has 6 nitrogen and oxygen atoms in total. The highest BCUT2D eigenvalue weighted by atomic mass is 16.2. The van der Waals surface area contributed by atoms with Gasteiger partial charge in [-0.25, -0.2) is 0 Å². The fourth-order valence-corrected chi connectivity index (χ4v) is 5.32. The van der Waals surface area contributed by atoms with E-state index in [0.717, 1.165) is 16.8 Å².